The average Bonchev–Trinajstić information content (AvgIpc) is 3.47. The molecule has 0 aromatic heterocycles. The molecule has 1 atom stereocenters. The lowest BCUT2D eigenvalue weighted by Crippen LogP contribution is -2.30. The first kappa shape index (κ1) is 77.6. The minimum absolute atomic E-state index is 0.0800. The van der Waals surface area contributed by atoms with Crippen molar-refractivity contribution in [2.45, 2.75) is 361 Å². The fourth-order valence-electron chi connectivity index (χ4n) is 10.2. The molecule has 0 aliphatic carbocycles. The van der Waals surface area contributed by atoms with Gasteiger partial charge in [0.1, 0.15) is 13.2 Å². The van der Waals surface area contributed by atoms with Crippen LogP contribution in [0.5, 0.6) is 0 Å². The van der Waals surface area contributed by atoms with Gasteiger partial charge < -0.3 is 14.2 Å². The fraction of sp³-hybridized carbons (Fsp3) is 0.773. The predicted octanol–water partition coefficient (Wildman–Crippen LogP) is 24.2. The van der Waals surface area contributed by atoms with Gasteiger partial charge >= 0.3 is 17.9 Å². The van der Waals surface area contributed by atoms with Crippen molar-refractivity contribution >= 4 is 17.9 Å². The van der Waals surface area contributed by atoms with Crippen LogP contribution in [0, 0.1) is 0 Å². The van der Waals surface area contributed by atoms with E-state index in [4.69, 9.17) is 14.2 Å². The van der Waals surface area contributed by atoms with Gasteiger partial charge in [0.05, 0.1) is 0 Å². The molecular formula is C75H132O6. The molecule has 0 aromatic rings. The Kier molecular flexibility index (Phi) is 66.2. The summed E-state index contributed by atoms with van der Waals surface area (Å²) in [6.07, 6.45) is 91.8. The van der Waals surface area contributed by atoms with Gasteiger partial charge in [0.2, 0.25) is 0 Å². The highest BCUT2D eigenvalue weighted by atomic mass is 16.6. The van der Waals surface area contributed by atoms with Crippen LogP contribution < -0.4 is 0 Å². The van der Waals surface area contributed by atoms with Crippen molar-refractivity contribution in [1.82, 2.24) is 0 Å². The highest BCUT2D eigenvalue weighted by Gasteiger charge is 2.19. The molecule has 6 heteroatoms. The van der Waals surface area contributed by atoms with Gasteiger partial charge in [-0.3, -0.25) is 14.4 Å². The second-order valence-electron chi connectivity index (χ2n) is 23.4. The molecule has 0 amide bonds. The van der Waals surface area contributed by atoms with Crippen LogP contribution in [0.4, 0.5) is 0 Å². The maximum atomic E-state index is 13.0. The SMILES string of the molecule is CC/C=C\C/C=C\C/C=C\C/C=C\CCCCCCCCCCC(=O)OC(COC(=O)CCCCCCCCC/C=C\C/C=C\C/C=C\CC)COC(=O)CCCCCCCCCCCCCCCCCCCCCCCCCCC. The number of ether oxygens (including phenoxy) is 3. The van der Waals surface area contributed by atoms with Crippen molar-refractivity contribution in [1.29, 1.82) is 0 Å². The molecular weight excluding hydrogens is 997 g/mol. The summed E-state index contributed by atoms with van der Waals surface area (Å²) in [4.78, 5) is 38.5. The summed E-state index contributed by atoms with van der Waals surface area (Å²) in [6, 6.07) is 0. The zero-order chi connectivity index (χ0) is 58.5. The molecule has 0 saturated carbocycles. The fourth-order valence-corrected chi connectivity index (χ4v) is 10.2. The standard InChI is InChI=1S/C75H132O6/c1-4-7-10-13-16-19-22-25-28-31-33-35-36-37-38-40-41-44-47-50-53-56-59-62-65-68-74(77)80-71-72(70-79-73(76)67-64-61-58-55-52-49-46-43-30-27-24-21-18-15-12-9-6-3)81-75(78)69-66-63-60-57-54-51-48-45-42-39-34-32-29-26-23-20-17-14-11-8-5-2/h8-9,11-12,17-18,20-21,26-27,29-30,34,39,72H,4-7,10,13-16,19,22-25,28,31-33,35-38,40-71H2,1-3H3/b11-8-,12-9-,20-17-,21-18-,29-26-,30-27-,39-34-. The molecule has 0 rings (SSSR count). The van der Waals surface area contributed by atoms with E-state index in [1.165, 1.54) is 199 Å². The summed E-state index contributed by atoms with van der Waals surface area (Å²) in [5.41, 5.74) is 0. The van der Waals surface area contributed by atoms with Crippen LogP contribution in [-0.2, 0) is 28.6 Å². The van der Waals surface area contributed by atoms with Crippen LogP contribution in [-0.4, -0.2) is 37.2 Å². The summed E-state index contributed by atoms with van der Waals surface area (Å²) >= 11 is 0. The highest BCUT2D eigenvalue weighted by molar-refractivity contribution is 5.71. The van der Waals surface area contributed by atoms with Crippen molar-refractivity contribution in [2.24, 2.45) is 0 Å². The van der Waals surface area contributed by atoms with E-state index < -0.39 is 6.10 Å². The number of carbonyl (C=O) groups excluding carboxylic acids is 3. The third-order valence-electron chi connectivity index (χ3n) is 15.4. The molecule has 0 heterocycles. The Balaban J connectivity index is 4.33. The van der Waals surface area contributed by atoms with E-state index in [0.717, 1.165) is 116 Å². The number of rotatable bonds is 64. The largest absolute Gasteiger partial charge is 0.462 e. The van der Waals surface area contributed by atoms with Gasteiger partial charge in [-0.15, -0.1) is 0 Å². The van der Waals surface area contributed by atoms with Crippen LogP contribution >= 0.6 is 0 Å². The van der Waals surface area contributed by atoms with Crippen molar-refractivity contribution in [3.63, 3.8) is 0 Å². The first-order valence-corrected chi connectivity index (χ1v) is 35.1. The lowest BCUT2D eigenvalue weighted by Gasteiger charge is -2.18. The van der Waals surface area contributed by atoms with Crippen LogP contribution in [0.2, 0.25) is 0 Å². The molecule has 0 aliphatic rings. The maximum absolute atomic E-state index is 13.0. The summed E-state index contributed by atoms with van der Waals surface area (Å²) < 4.78 is 17.0. The number of unbranched alkanes of at least 4 members (excludes halogenated alkanes) is 39. The van der Waals surface area contributed by atoms with Crippen LogP contribution in [0.3, 0.4) is 0 Å². The van der Waals surface area contributed by atoms with Gasteiger partial charge in [0.25, 0.3) is 0 Å². The molecule has 468 valence electrons. The van der Waals surface area contributed by atoms with E-state index in [2.05, 4.69) is 106 Å². The molecule has 0 N–H and O–H groups in total. The predicted molar refractivity (Wildman–Crippen MR) is 353 cm³/mol. The van der Waals surface area contributed by atoms with Crippen molar-refractivity contribution < 1.29 is 28.6 Å². The first-order chi connectivity index (χ1) is 40.0. The molecule has 6 nitrogen and oxygen atoms in total. The van der Waals surface area contributed by atoms with E-state index >= 15 is 0 Å². The quantitative estimate of drug-likeness (QED) is 0.0261. The Bertz CT molecular complexity index is 1530. The molecule has 1 unspecified atom stereocenters. The van der Waals surface area contributed by atoms with Crippen LogP contribution in [0.25, 0.3) is 0 Å². The zero-order valence-electron chi connectivity index (χ0n) is 53.8. The Morgan fingerprint density at radius 1 is 0.259 bits per heavy atom. The molecule has 0 aromatic carbocycles. The molecule has 0 fully saturated rings. The van der Waals surface area contributed by atoms with Crippen molar-refractivity contribution in [3.8, 4) is 0 Å². The van der Waals surface area contributed by atoms with Crippen LogP contribution in [0.15, 0.2) is 85.1 Å². The highest BCUT2D eigenvalue weighted by Crippen LogP contribution is 2.18. The Morgan fingerprint density at radius 3 is 0.753 bits per heavy atom. The molecule has 81 heavy (non-hydrogen) atoms. The van der Waals surface area contributed by atoms with Gasteiger partial charge in [-0.1, -0.05) is 331 Å². The topological polar surface area (TPSA) is 78.9 Å². The van der Waals surface area contributed by atoms with E-state index in [-0.39, 0.29) is 31.1 Å². The van der Waals surface area contributed by atoms with E-state index in [0.29, 0.717) is 19.3 Å². The molecule has 0 bridgehead atoms. The van der Waals surface area contributed by atoms with Gasteiger partial charge in [-0.25, -0.2) is 0 Å². The number of esters is 3. The number of hydrogen-bond acceptors (Lipinski definition) is 6. The molecule has 0 radical (unpaired) electrons. The summed E-state index contributed by atoms with van der Waals surface area (Å²) in [7, 11) is 0. The third-order valence-corrected chi connectivity index (χ3v) is 15.4. The normalized spacial score (nSPS) is 12.6. The second-order valence-corrected chi connectivity index (χ2v) is 23.4. The Labute approximate surface area is 503 Å². The Morgan fingerprint density at radius 2 is 0.481 bits per heavy atom. The van der Waals surface area contributed by atoms with E-state index in [1.807, 2.05) is 0 Å². The van der Waals surface area contributed by atoms with E-state index in [1.54, 1.807) is 0 Å². The van der Waals surface area contributed by atoms with Gasteiger partial charge in [-0.2, -0.15) is 0 Å². The Hall–Kier alpha value is -3.41. The lowest BCUT2D eigenvalue weighted by molar-refractivity contribution is -0.167. The average molecular weight is 1130 g/mol. The van der Waals surface area contributed by atoms with Crippen molar-refractivity contribution in [2.75, 3.05) is 13.2 Å². The summed E-state index contributed by atoms with van der Waals surface area (Å²) in [5, 5.41) is 0. The molecule has 0 spiro atoms. The van der Waals surface area contributed by atoms with Crippen molar-refractivity contribution in [3.05, 3.63) is 85.1 Å². The van der Waals surface area contributed by atoms with Gasteiger partial charge in [0, 0.05) is 19.3 Å². The molecule has 0 saturated heterocycles. The first-order valence-electron chi connectivity index (χ1n) is 35.1. The zero-order valence-corrected chi connectivity index (χ0v) is 53.8. The van der Waals surface area contributed by atoms with Gasteiger partial charge in [-0.05, 0) is 89.9 Å². The maximum Gasteiger partial charge on any atom is 0.306 e. The lowest BCUT2D eigenvalue weighted by atomic mass is 10.0. The number of carbonyl (C=O) groups is 3. The number of hydrogen-bond donors (Lipinski definition) is 0. The summed E-state index contributed by atoms with van der Waals surface area (Å²) in [5.74, 6) is -0.879. The second kappa shape index (κ2) is 69.1. The molecule has 0 aliphatic heterocycles. The third kappa shape index (κ3) is 67.3. The van der Waals surface area contributed by atoms with E-state index in [9.17, 15) is 14.4 Å². The summed E-state index contributed by atoms with van der Waals surface area (Å²) in [6.45, 7) is 6.46. The monoisotopic (exact) mass is 1130 g/mol. The minimum Gasteiger partial charge on any atom is -0.462 e. The van der Waals surface area contributed by atoms with Gasteiger partial charge in [0.15, 0.2) is 6.10 Å². The minimum atomic E-state index is -0.787. The smallest absolute Gasteiger partial charge is 0.306 e. The van der Waals surface area contributed by atoms with Crippen LogP contribution in [0.1, 0.15) is 355 Å². The number of allylic oxidation sites excluding steroid dienone is 14.